The lowest BCUT2D eigenvalue weighted by atomic mass is 9.98. The van der Waals surface area contributed by atoms with Gasteiger partial charge in [0.15, 0.2) is 0 Å². The number of alkyl halides is 1. The molecule has 0 amide bonds. The van der Waals surface area contributed by atoms with Crippen molar-refractivity contribution < 1.29 is 0 Å². The molecule has 1 saturated heterocycles. The van der Waals surface area contributed by atoms with Gasteiger partial charge in [-0.2, -0.15) is 0 Å². The number of aromatic nitrogens is 2. The zero-order valence-corrected chi connectivity index (χ0v) is 14.1. The smallest absolute Gasteiger partial charge is 0.127 e. The Hall–Kier alpha value is -1.06. The van der Waals surface area contributed by atoms with Gasteiger partial charge in [0.2, 0.25) is 0 Å². The van der Waals surface area contributed by atoms with Crippen molar-refractivity contribution in [1.82, 2.24) is 14.5 Å². The molecule has 21 heavy (non-hydrogen) atoms. The summed E-state index contributed by atoms with van der Waals surface area (Å²) in [4.78, 5) is 7.25. The van der Waals surface area contributed by atoms with E-state index >= 15 is 0 Å². The highest BCUT2D eigenvalue weighted by Gasteiger charge is 2.28. The van der Waals surface area contributed by atoms with E-state index in [0.717, 1.165) is 30.7 Å². The SMILES string of the molecule is Cc1cccc2nc(C(C)Cl)n(C3CCN(C)C(C)C3)c12. The monoisotopic (exact) mass is 305 g/mol. The van der Waals surface area contributed by atoms with Gasteiger partial charge in [-0.05, 0) is 52.3 Å². The fourth-order valence-electron chi connectivity index (χ4n) is 3.49. The highest BCUT2D eigenvalue weighted by atomic mass is 35.5. The summed E-state index contributed by atoms with van der Waals surface area (Å²) in [5.41, 5.74) is 3.63. The lowest BCUT2D eigenvalue weighted by Crippen LogP contribution is -2.38. The Morgan fingerprint density at radius 2 is 2.14 bits per heavy atom. The lowest BCUT2D eigenvalue weighted by Gasteiger charge is -2.36. The molecule has 3 nitrogen and oxygen atoms in total. The van der Waals surface area contributed by atoms with Gasteiger partial charge in [0.05, 0.1) is 16.4 Å². The molecule has 1 aliphatic rings. The third kappa shape index (κ3) is 2.58. The summed E-state index contributed by atoms with van der Waals surface area (Å²) in [6.07, 6.45) is 2.32. The van der Waals surface area contributed by atoms with Gasteiger partial charge >= 0.3 is 0 Å². The molecular formula is C17H24ClN3. The number of hydrogen-bond acceptors (Lipinski definition) is 2. The average Bonchev–Trinajstić information content (AvgIpc) is 2.83. The second kappa shape index (κ2) is 5.62. The molecular weight excluding hydrogens is 282 g/mol. The first kappa shape index (κ1) is 14.9. The molecule has 3 rings (SSSR count). The lowest BCUT2D eigenvalue weighted by molar-refractivity contribution is 0.157. The molecule has 0 bridgehead atoms. The molecule has 0 N–H and O–H groups in total. The molecule has 1 aromatic carbocycles. The molecule has 0 aliphatic carbocycles. The standard InChI is InChI=1S/C17H24ClN3/c1-11-6-5-7-15-16(11)21(17(19-15)13(3)18)14-8-9-20(4)12(2)10-14/h5-7,12-14H,8-10H2,1-4H3. The van der Waals surface area contributed by atoms with Gasteiger partial charge < -0.3 is 9.47 Å². The van der Waals surface area contributed by atoms with Crippen LogP contribution >= 0.6 is 11.6 Å². The maximum Gasteiger partial charge on any atom is 0.127 e. The summed E-state index contributed by atoms with van der Waals surface area (Å²) in [7, 11) is 2.21. The van der Waals surface area contributed by atoms with Crippen LogP contribution in [-0.2, 0) is 0 Å². The van der Waals surface area contributed by atoms with Crippen molar-refractivity contribution in [2.75, 3.05) is 13.6 Å². The van der Waals surface area contributed by atoms with Crippen LogP contribution < -0.4 is 0 Å². The maximum atomic E-state index is 6.42. The van der Waals surface area contributed by atoms with Crippen LogP contribution in [0.15, 0.2) is 18.2 Å². The molecule has 2 heterocycles. The summed E-state index contributed by atoms with van der Waals surface area (Å²) in [5.74, 6) is 1.02. The van der Waals surface area contributed by atoms with Gasteiger partial charge in [0.1, 0.15) is 5.82 Å². The Morgan fingerprint density at radius 1 is 1.38 bits per heavy atom. The van der Waals surface area contributed by atoms with Crippen molar-refractivity contribution in [2.45, 2.75) is 51.1 Å². The van der Waals surface area contributed by atoms with Crippen LogP contribution in [0.5, 0.6) is 0 Å². The predicted octanol–water partition coefficient (Wildman–Crippen LogP) is 4.30. The van der Waals surface area contributed by atoms with Crippen LogP contribution in [0.3, 0.4) is 0 Å². The van der Waals surface area contributed by atoms with E-state index in [1.165, 1.54) is 11.1 Å². The van der Waals surface area contributed by atoms with Crippen molar-refractivity contribution in [2.24, 2.45) is 0 Å². The summed E-state index contributed by atoms with van der Waals surface area (Å²) >= 11 is 6.42. The minimum Gasteiger partial charge on any atom is -0.323 e. The number of imidazole rings is 1. The average molecular weight is 306 g/mol. The number of benzene rings is 1. The number of rotatable bonds is 2. The highest BCUT2D eigenvalue weighted by Crippen LogP contribution is 2.35. The Bertz CT molecular complexity index is 647. The molecule has 3 unspecified atom stereocenters. The third-order valence-electron chi connectivity index (χ3n) is 4.84. The summed E-state index contributed by atoms with van der Waals surface area (Å²) in [6, 6.07) is 7.44. The zero-order chi connectivity index (χ0) is 15.1. The minimum absolute atomic E-state index is 0.0632. The number of halogens is 1. The number of aryl methyl sites for hydroxylation is 1. The van der Waals surface area contributed by atoms with Crippen molar-refractivity contribution in [1.29, 1.82) is 0 Å². The van der Waals surface area contributed by atoms with Crippen molar-refractivity contribution in [3.8, 4) is 0 Å². The molecule has 1 aromatic heterocycles. The van der Waals surface area contributed by atoms with Crippen molar-refractivity contribution >= 4 is 22.6 Å². The number of fused-ring (bicyclic) bond motifs is 1. The quantitative estimate of drug-likeness (QED) is 0.771. The molecule has 0 radical (unpaired) electrons. The first-order valence-corrected chi connectivity index (χ1v) is 8.24. The summed E-state index contributed by atoms with van der Waals surface area (Å²) in [6.45, 7) is 7.63. The molecule has 0 spiro atoms. The van der Waals surface area contributed by atoms with E-state index in [-0.39, 0.29) is 5.38 Å². The van der Waals surface area contributed by atoms with Gasteiger partial charge in [-0.3, -0.25) is 0 Å². The Labute approximate surface area is 131 Å². The number of para-hydroxylation sites is 1. The summed E-state index contributed by atoms with van der Waals surface area (Å²) in [5, 5.41) is -0.0632. The topological polar surface area (TPSA) is 21.1 Å². The zero-order valence-electron chi connectivity index (χ0n) is 13.3. The predicted molar refractivity (Wildman–Crippen MR) is 89.1 cm³/mol. The Balaban J connectivity index is 2.13. The van der Waals surface area contributed by atoms with E-state index in [0.29, 0.717) is 12.1 Å². The van der Waals surface area contributed by atoms with Gasteiger partial charge in [-0.15, -0.1) is 11.6 Å². The first-order chi connectivity index (χ1) is 9.99. The van der Waals surface area contributed by atoms with Crippen LogP contribution in [-0.4, -0.2) is 34.1 Å². The normalized spacial score (nSPS) is 25.4. The molecule has 0 saturated carbocycles. The van der Waals surface area contributed by atoms with E-state index in [1.54, 1.807) is 0 Å². The van der Waals surface area contributed by atoms with Crippen LogP contribution in [0.25, 0.3) is 11.0 Å². The largest absolute Gasteiger partial charge is 0.323 e. The number of piperidine rings is 1. The molecule has 1 fully saturated rings. The fraction of sp³-hybridized carbons (Fsp3) is 0.588. The molecule has 1 aliphatic heterocycles. The molecule has 4 heteroatoms. The number of likely N-dealkylation sites (tertiary alicyclic amines) is 1. The van der Waals surface area contributed by atoms with E-state index in [2.05, 4.69) is 48.6 Å². The molecule has 2 aromatic rings. The number of hydrogen-bond donors (Lipinski definition) is 0. The molecule has 3 atom stereocenters. The Morgan fingerprint density at radius 3 is 2.81 bits per heavy atom. The van der Waals surface area contributed by atoms with E-state index in [1.807, 2.05) is 6.92 Å². The van der Waals surface area contributed by atoms with E-state index < -0.39 is 0 Å². The van der Waals surface area contributed by atoms with Crippen molar-refractivity contribution in [3.05, 3.63) is 29.6 Å². The van der Waals surface area contributed by atoms with E-state index in [9.17, 15) is 0 Å². The van der Waals surface area contributed by atoms with E-state index in [4.69, 9.17) is 16.6 Å². The molecule has 114 valence electrons. The van der Waals surface area contributed by atoms with Crippen LogP contribution in [0.2, 0.25) is 0 Å². The van der Waals surface area contributed by atoms with Gasteiger partial charge in [-0.25, -0.2) is 4.98 Å². The fourth-order valence-corrected chi connectivity index (χ4v) is 3.64. The maximum absolute atomic E-state index is 6.42. The van der Waals surface area contributed by atoms with Gasteiger partial charge in [0, 0.05) is 18.6 Å². The van der Waals surface area contributed by atoms with Crippen LogP contribution in [0.4, 0.5) is 0 Å². The second-order valence-corrected chi connectivity index (χ2v) is 7.06. The van der Waals surface area contributed by atoms with Crippen LogP contribution in [0.1, 0.15) is 49.5 Å². The van der Waals surface area contributed by atoms with Gasteiger partial charge in [0.25, 0.3) is 0 Å². The first-order valence-electron chi connectivity index (χ1n) is 7.80. The third-order valence-corrected chi connectivity index (χ3v) is 5.04. The highest BCUT2D eigenvalue weighted by molar-refractivity contribution is 6.20. The second-order valence-electron chi connectivity index (χ2n) is 6.41. The summed E-state index contributed by atoms with van der Waals surface area (Å²) < 4.78 is 2.42. The minimum atomic E-state index is -0.0632. The number of nitrogens with zero attached hydrogens (tertiary/aromatic N) is 3. The Kier molecular flexibility index (Phi) is 3.98. The van der Waals surface area contributed by atoms with Gasteiger partial charge in [-0.1, -0.05) is 12.1 Å². The van der Waals surface area contributed by atoms with Crippen molar-refractivity contribution in [3.63, 3.8) is 0 Å². The van der Waals surface area contributed by atoms with Crippen LogP contribution in [0, 0.1) is 6.92 Å².